The van der Waals surface area contributed by atoms with E-state index in [1.54, 1.807) is 42.5 Å². The first-order chi connectivity index (χ1) is 21.0. The lowest BCUT2D eigenvalue weighted by atomic mass is 10.0. The average molecular weight is 613 g/mol. The zero-order valence-corrected chi connectivity index (χ0v) is 24.7. The first-order valence-electron chi connectivity index (χ1n) is 14.5. The molecular formula is C30H44N8O6. The molecule has 0 heterocycles. The van der Waals surface area contributed by atoms with Gasteiger partial charge in [0.15, 0.2) is 5.96 Å². The number of hydrogen-bond acceptors (Lipinski definition) is 8. The highest BCUT2D eigenvalue weighted by Crippen LogP contribution is 2.13. The van der Waals surface area contributed by atoms with Crippen molar-refractivity contribution in [3.63, 3.8) is 0 Å². The van der Waals surface area contributed by atoms with Gasteiger partial charge in [0.2, 0.25) is 17.7 Å². The largest absolute Gasteiger partial charge is 0.508 e. The molecule has 0 saturated carbocycles. The maximum Gasteiger partial charge on any atom is 0.326 e. The van der Waals surface area contributed by atoms with E-state index in [9.17, 15) is 29.4 Å². The topological polar surface area (TPSA) is 261 Å². The summed E-state index contributed by atoms with van der Waals surface area (Å²) in [6, 6.07) is 10.4. The molecule has 0 spiro atoms. The van der Waals surface area contributed by atoms with E-state index in [1.165, 1.54) is 12.1 Å². The minimum absolute atomic E-state index is 0.0106. The molecule has 0 fully saturated rings. The van der Waals surface area contributed by atoms with Gasteiger partial charge in [-0.1, -0.05) is 42.5 Å². The Hall–Kier alpha value is -4.69. The molecule has 14 nitrogen and oxygen atoms in total. The number of aliphatic carboxylic acids is 1. The fourth-order valence-corrected chi connectivity index (χ4v) is 4.36. The molecule has 44 heavy (non-hydrogen) atoms. The van der Waals surface area contributed by atoms with Crippen LogP contribution in [0.3, 0.4) is 0 Å². The van der Waals surface area contributed by atoms with Crippen molar-refractivity contribution in [2.24, 2.45) is 27.9 Å². The number of guanidine groups is 1. The number of carboxylic acids is 1. The number of benzene rings is 2. The second-order valence-electron chi connectivity index (χ2n) is 10.4. The van der Waals surface area contributed by atoms with Gasteiger partial charge in [0.05, 0.1) is 6.04 Å². The monoisotopic (exact) mass is 612 g/mol. The number of carbonyl (C=O) groups is 4. The number of carbonyl (C=O) groups excluding carboxylic acids is 3. The number of unbranched alkanes of at least 4 members (excludes halogenated alkanes) is 1. The lowest BCUT2D eigenvalue weighted by Gasteiger charge is -2.25. The number of nitrogens with one attached hydrogen (secondary N) is 3. The van der Waals surface area contributed by atoms with E-state index < -0.39 is 47.9 Å². The highest BCUT2D eigenvalue weighted by atomic mass is 16.4. The predicted molar refractivity (Wildman–Crippen MR) is 166 cm³/mol. The quantitative estimate of drug-likeness (QED) is 0.0543. The van der Waals surface area contributed by atoms with E-state index >= 15 is 0 Å². The molecule has 0 aliphatic carbocycles. The Morgan fingerprint density at radius 1 is 0.727 bits per heavy atom. The van der Waals surface area contributed by atoms with Gasteiger partial charge in [0.25, 0.3) is 0 Å². The number of amides is 3. The third kappa shape index (κ3) is 13.1. The molecule has 0 bridgehead atoms. The summed E-state index contributed by atoms with van der Waals surface area (Å²) < 4.78 is 0. The van der Waals surface area contributed by atoms with E-state index in [0.717, 1.165) is 0 Å². The summed E-state index contributed by atoms with van der Waals surface area (Å²) in [6.07, 6.45) is 2.07. The summed E-state index contributed by atoms with van der Waals surface area (Å²) in [4.78, 5) is 55.7. The summed E-state index contributed by atoms with van der Waals surface area (Å²) in [5.74, 6) is -3.21. The van der Waals surface area contributed by atoms with Crippen LogP contribution < -0.4 is 38.9 Å². The minimum atomic E-state index is -1.26. The number of aliphatic imine (C=N–C) groups is 1. The number of hydrogen-bond donors (Lipinski definition) is 9. The molecule has 4 atom stereocenters. The van der Waals surface area contributed by atoms with Gasteiger partial charge in [-0.25, -0.2) is 4.79 Å². The SMILES string of the molecule is NCCCCC(NC(=O)C(N)CCCN=C(N)N)C(=O)NC(Cc1ccc(O)cc1)C(=O)NC(Cc1ccccc1)C(=O)O. The molecule has 2 aromatic carbocycles. The zero-order valence-electron chi connectivity index (χ0n) is 24.7. The number of nitrogens with two attached hydrogens (primary N) is 4. The van der Waals surface area contributed by atoms with Crippen LogP contribution in [0, 0.1) is 0 Å². The van der Waals surface area contributed by atoms with E-state index in [4.69, 9.17) is 22.9 Å². The molecule has 0 aliphatic rings. The highest BCUT2D eigenvalue weighted by Gasteiger charge is 2.30. The maximum absolute atomic E-state index is 13.5. The molecule has 0 aliphatic heterocycles. The van der Waals surface area contributed by atoms with Crippen LogP contribution in [0.5, 0.6) is 5.75 Å². The van der Waals surface area contributed by atoms with Crippen molar-refractivity contribution in [1.29, 1.82) is 0 Å². The van der Waals surface area contributed by atoms with Crippen LogP contribution >= 0.6 is 0 Å². The van der Waals surface area contributed by atoms with Crippen molar-refractivity contribution in [3.8, 4) is 5.75 Å². The normalized spacial score (nSPS) is 13.5. The Bertz CT molecular complexity index is 1240. The fourth-order valence-electron chi connectivity index (χ4n) is 4.36. The van der Waals surface area contributed by atoms with Crippen LogP contribution in [0.4, 0.5) is 0 Å². The zero-order chi connectivity index (χ0) is 32.5. The number of rotatable bonds is 19. The van der Waals surface area contributed by atoms with Crippen LogP contribution in [0.2, 0.25) is 0 Å². The Labute approximate surface area is 256 Å². The summed E-state index contributed by atoms with van der Waals surface area (Å²) in [5.41, 5.74) is 23.6. The van der Waals surface area contributed by atoms with Crippen LogP contribution in [0.25, 0.3) is 0 Å². The molecule has 2 aromatic rings. The molecule has 240 valence electrons. The lowest BCUT2D eigenvalue weighted by Crippen LogP contribution is -2.57. The molecule has 0 aromatic heterocycles. The molecule has 4 unspecified atom stereocenters. The van der Waals surface area contributed by atoms with Crippen LogP contribution in [-0.2, 0) is 32.0 Å². The van der Waals surface area contributed by atoms with Gasteiger partial charge in [0, 0.05) is 19.4 Å². The summed E-state index contributed by atoms with van der Waals surface area (Å²) in [6.45, 7) is 0.676. The maximum atomic E-state index is 13.5. The molecule has 2 rings (SSSR count). The number of nitrogens with zero attached hydrogens (tertiary/aromatic N) is 1. The van der Waals surface area contributed by atoms with E-state index in [-0.39, 0.29) is 37.4 Å². The Morgan fingerprint density at radius 2 is 1.30 bits per heavy atom. The van der Waals surface area contributed by atoms with E-state index in [2.05, 4.69) is 20.9 Å². The minimum Gasteiger partial charge on any atom is -0.508 e. The van der Waals surface area contributed by atoms with Crippen molar-refractivity contribution in [2.45, 2.75) is 69.1 Å². The fraction of sp³-hybridized carbons (Fsp3) is 0.433. The van der Waals surface area contributed by atoms with Gasteiger partial charge >= 0.3 is 5.97 Å². The van der Waals surface area contributed by atoms with Crippen molar-refractivity contribution in [2.75, 3.05) is 13.1 Å². The molecule has 0 saturated heterocycles. The van der Waals surface area contributed by atoms with Gasteiger partial charge in [-0.05, 0) is 61.9 Å². The molecule has 0 radical (unpaired) electrons. The number of phenols is 1. The van der Waals surface area contributed by atoms with Crippen molar-refractivity contribution >= 4 is 29.7 Å². The number of aromatic hydroxyl groups is 1. The van der Waals surface area contributed by atoms with Crippen LogP contribution in [-0.4, -0.2) is 77.1 Å². The third-order valence-corrected chi connectivity index (χ3v) is 6.79. The van der Waals surface area contributed by atoms with Gasteiger partial charge in [-0.15, -0.1) is 0 Å². The average Bonchev–Trinajstić information content (AvgIpc) is 2.99. The lowest BCUT2D eigenvalue weighted by molar-refractivity contribution is -0.142. The summed E-state index contributed by atoms with van der Waals surface area (Å²) in [5, 5.41) is 27.4. The number of phenolic OH excluding ortho intramolecular Hbond substituents is 1. The first kappa shape index (κ1) is 35.5. The van der Waals surface area contributed by atoms with Crippen molar-refractivity contribution in [1.82, 2.24) is 16.0 Å². The first-order valence-corrected chi connectivity index (χ1v) is 14.5. The smallest absolute Gasteiger partial charge is 0.326 e. The van der Waals surface area contributed by atoms with Crippen molar-refractivity contribution in [3.05, 3.63) is 65.7 Å². The van der Waals surface area contributed by atoms with E-state index in [0.29, 0.717) is 43.5 Å². The second kappa shape index (κ2) is 18.8. The van der Waals surface area contributed by atoms with Gasteiger partial charge in [0.1, 0.15) is 23.9 Å². The predicted octanol–water partition coefficient (Wildman–Crippen LogP) is -0.774. The van der Waals surface area contributed by atoms with Crippen LogP contribution in [0.1, 0.15) is 43.2 Å². The standard InChI is InChI=1S/C30H44N8O6/c31-15-5-4-10-23(36-26(40)22(32)9-6-16-35-30(33)34)27(41)37-24(17-20-11-13-21(39)14-12-20)28(42)38-25(29(43)44)18-19-7-2-1-3-8-19/h1-3,7-8,11-14,22-25,39H,4-6,9-10,15-18,31-32H2,(H,36,40)(H,37,41)(H,38,42)(H,43,44)(H4,33,34,35). The summed E-state index contributed by atoms with van der Waals surface area (Å²) >= 11 is 0. The van der Waals surface area contributed by atoms with Gasteiger partial charge in [-0.3, -0.25) is 19.4 Å². The molecule has 14 heteroatoms. The summed E-state index contributed by atoms with van der Waals surface area (Å²) in [7, 11) is 0. The van der Waals surface area contributed by atoms with Gasteiger partial charge in [-0.2, -0.15) is 0 Å². The van der Waals surface area contributed by atoms with Crippen LogP contribution in [0.15, 0.2) is 59.6 Å². The molecule has 3 amide bonds. The Kier molecular flexibility index (Phi) is 15.1. The van der Waals surface area contributed by atoms with Crippen molar-refractivity contribution < 1.29 is 29.4 Å². The highest BCUT2D eigenvalue weighted by molar-refractivity contribution is 5.94. The number of carboxylic acid groups (broad SMARTS) is 1. The third-order valence-electron chi connectivity index (χ3n) is 6.79. The molecular weight excluding hydrogens is 568 g/mol. The Morgan fingerprint density at radius 3 is 1.91 bits per heavy atom. The van der Waals surface area contributed by atoms with Gasteiger partial charge < -0.3 is 49.1 Å². The second-order valence-corrected chi connectivity index (χ2v) is 10.4. The Balaban J connectivity index is 2.22. The van der Waals surface area contributed by atoms with E-state index in [1.807, 2.05) is 0 Å². The molecule has 13 N–H and O–H groups in total.